The quantitative estimate of drug-likeness (QED) is 0.771. The second-order valence-corrected chi connectivity index (χ2v) is 2.54. The van der Waals surface area contributed by atoms with Crippen LogP contribution in [0.2, 0.25) is 0 Å². The topological polar surface area (TPSA) is 25.8 Å². The van der Waals surface area contributed by atoms with Gasteiger partial charge in [0.2, 0.25) is 0 Å². The van der Waals surface area contributed by atoms with Gasteiger partial charge in [0.05, 0.1) is 11.9 Å². The third kappa shape index (κ3) is 2.26. The SMILES string of the molecule is [2H]C([2H])([2H])C([2H])([2H])C([2H])(c1cncc(Br)n1)C([2H])([2H])[2H]. The molecule has 1 aromatic rings. The predicted octanol–water partition coefficient (Wildman–Crippen LogP) is 2.75. The average Bonchev–Trinajstić information content (AvgIpc) is 2.24. The zero-order valence-electron chi connectivity index (χ0n) is 14.4. The molecule has 1 heterocycles. The Labute approximate surface area is 87.8 Å². The number of halogens is 1. The van der Waals surface area contributed by atoms with E-state index in [1.165, 1.54) is 6.20 Å². The first kappa shape index (κ1) is 2.52. The summed E-state index contributed by atoms with van der Waals surface area (Å²) in [4.78, 5) is 7.34. The van der Waals surface area contributed by atoms with Gasteiger partial charge in [-0.3, -0.25) is 4.98 Å². The van der Waals surface area contributed by atoms with E-state index >= 15 is 0 Å². The molecule has 0 N–H and O–H groups in total. The highest BCUT2D eigenvalue weighted by molar-refractivity contribution is 9.10. The highest BCUT2D eigenvalue weighted by Gasteiger charge is 2.04. The van der Waals surface area contributed by atoms with E-state index in [4.69, 9.17) is 12.3 Å². The maximum absolute atomic E-state index is 8.05. The van der Waals surface area contributed by atoms with Crippen molar-refractivity contribution in [1.82, 2.24) is 9.97 Å². The lowest BCUT2D eigenvalue weighted by atomic mass is 10.1. The van der Waals surface area contributed by atoms with E-state index in [1.54, 1.807) is 0 Å². The molecular weight excluding hydrogens is 204 g/mol. The number of hydrogen-bond acceptors (Lipinski definition) is 2. The Kier molecular flexibility index (Phi) is 0.874. The van der Waals surface area contributed by atoms with Gasteiger partial charge in [0.15, 0.2) is 0 Å². The molecule has 11 heavy (non-hydrogen) atoms. The van der Waals surface area contributed by atoms with Gasteiger partial charge in [0.1, 0.15) is 4.60 Å². The Morgan fingerprint density at radius 3 is 3.45 bits per heavy atom. The molecular formula is C8H11BrN2. The molecule has 0 amide bonds. The van der Waals surface area contributed by atoms with Crippen molar-refractivity contribution < 1.29 is 12.3 Å². The summed E-state index contributed by atoms with van der Waals surface area (Å²) in [6, 6.07) is 0. The fourth-order valence-electron chi connectivity index (χ4n) is 0.527. The minimum Gasteiger partial charge on any atom is -0.260 e. The molecule has 1 aromatic heterocycles. The maximum Gasteiger partial charge on any atom is 0.124 e. The Balaban J connectivity index is 3.63. The number of nitrogens with zero attached hydrogens (tertiary/aromatic N) is 2. The molecule has 2 nitrogen and oxygen atoms in total. The molecule has 1 rings (SSSR count). The van der Waals surface area contributed by atoms with Gasteiger partial charge in [-0.25, -0.2) is 4.98 Å². The Bertz CT molecular complexity index is 497. The van der Waals surface area contributed by atoms with Crippen molar-refractivity contribution in [2.45, 2.75) is 26.0 Å². The predicted molar refractivity (Wildman–Crippen MR) is 48.4 cm³/mol. The van der Waals surface area contributed by atoms with Crippen molar-refractivity contribution in [2.24, 2.45) is 0 Å². The standard InChI is InChI=1S/C8H11BrN2/c1-3-6(2)7-4-10-5-8(9)11-7/h4-6H,3H2,1-2H3/i1D3,2D3,3D2,6D. The molecule has 0 fully saturated rings. The van der Waals surface area contributed by atoms with Crippen LogP contribution in [0, 0.1) is 0 Å². The smallest absolute Gasteiger partial charge is 0.124 e. The highest BCUT2D eigenvalue weighted by Crippen LogP contribution is 2.16. The lowest BCUT2D eigenvalue weighted by molar-refractivity contribution is 0.700. The first-order valence-corrected chi connectivity index (χ1v) is 3.52. The lowest BCUT2D eigenvalue weighted by Gasteiger charge is -2.05. The van der Waals surface area contributed by atoms with Gasteiger partial charge < -0.3 is 0 Å². The van der Waals surface area contributed by atoms with Crippen molar-refractivity contribution in [2.75, 3.05) is 0 Å². The molecule has 0 saturated carbocycles. The van der Waals surface area contributed by atoms with E-state index < -0.39 is 31.7 Å². The van der Waals surface area contributed by atoms with E-state index in [2.05, 4.69) is 25.9 Å². The summed E-state index contributed by atoms with van der Waals surface area (Å²) < 4.78 is 67.3. The van der Waals surface area contributed by atoms with Gasteiger partial charge in [-0.05, 0) is 28.2 Å². The van der Waals surface area contributed by atoms with Crippen LogP contribution in [-0.4, -0.2) is 9.97 Å². The monoisotopic (exact) mass is 223 g/mol. The van der Waals surface area contributed by atoms with Crippen LogP contribution in [0.15, 0.2) is 17.0 Å². The molecule has 60 valence electrons. The molecule has 0 aliphatic rings. The fourth-order valence-corrected chi connectivity index (χ4v) is 0.836. The molecule has 0 bridgehead atoms. The van der Waals surface area contributed by atoms with Crippen LogP contribution in [-0.2, 0) is 0 Å². The van der Waals surface area contributed by atoms with Crippen LogP contribution >= 0.6 is 15.9 Å². The summed E-state index contributed by atoms with van der Waals surface area (Å²) in [5, 5.41) is 0. The average molecular weight is 224 g/mol. The molecule has 0 aliphatic carbocycles. The molecule has 0 aliphatic heterocycles. The molecule has 0 radical (unpaired) electrons. The van der Waals surface area contributed by atoms with Crippen LogP contribution in [0.4, 0.5) is 0 Å². The molecule has 1 unspecified atom stereocenters. The summed E-state index contributed by atoms with van der Waals surface area (Å²) in [6.45, 7) is -6.56. The summed E-state index contributed by atoms with van der Waals surface area (Å²) in [5.74, 6) is -3.08. The summed E-state index contributed by atoms with van der Waals surface area (Å²) in [5.41, 5.74) is -0.576. The van der Waals surface area contributed by atoms with Crippen molar-refractivity contribution in [1.29, 1.82) is 0 Å². The highest BCUT2D eigenvalue weighted by atomic mass is 79.9. The second-order valence-electron chi connectivity index (χ2n) is 1.73. The van der Waals surface area contributed by atoms with E-state index in [9.17, 15) is 0 Å². The zero-order valence-corrected chi connectivity index (χ0v) is 7.01. The third-order valence-electron chi connectivity index (χ3n) is 0.986. The first-order valence-electron chi connectivity index (χ1n) is 7.23. The van der Waals surface area contributed by atoms with E-state index in [0.29, 0.717) is 0 Å². The van der Waals surface area contributed by atoms with Gasteiger partial charge in [-0.2, -0.15) is 0 Å². The molecule has 1 atom stereocenters. The number of aromatic nitrogens is 2. The zero-order chi connectivity index (χ0) is 16.0. The van der Waals surface area contributed by atoms with Crippen LogP contribution < -0.4 is 0 Å². The molecule has 0 aromatic carbocycles. The molecule has 0 saturated heterocycles. The maximum atomic E-state index is 8.05. The van der Waals surface area contributed by atoms with Gasteiger partial charge >= 0.3 is 0 Å². The Hall–Kier alpha value is -0.440. The van der Waals surface area contributed by atoms with Crippen molar-refractivity contribution in [3.8, 4) is 0 Å². The molecule has 0 spiro atoms. The van der Waals surface area contributed by atoms with Crippen LogP contribution in [0.25, 0.3) is 0 Å². The third-order valence-corrected chi connectivity index (χ3v) is 1.37. The minimum absolute atomic E-state index is 0.0808. The Morgan fingerprint density at radius 2 is 2.82 bits per heavy atom. The number of rotatable bonds is 2. The van der Waals surface area contributed by atoms with Gasteiger partial charge in [0, 0.05) is 18.5 Å². The molecule has 3 heteroatoms. The van der Waals surface area contributed by atoms with Crippen molar-refractivity contribution >= 4 is 15.9 Å². The van der Waals surface area contributed by atoms with E-state index in [-0.39, 0.29) is 4.60 Å². The summed E-state index contributed by atoms with van der Waals surface area (Å²) >= 11 is 2.93. The van der Waals surface area contributed by atoms with Crippen LogP contribution in [0.5, 0.6) is 0 Å². The summed E-state index contributed by atoms with van der Waals surface area (Å²) in [6.07, 6.45) is -1.25. The van der Waals surface area contributed by atoms with Crippen LogP contribution in [0.3, 0.4) is 0 Å². The van der Waals surface area contributed by atoms with E-state index in [0.717, 1.165) is 6.20 Å². The largest absolute Gasteiger partial charge is 0.260 e. The Morgan fingerprint density at radius 1 is 1.91 bits per heavy atom. The van der Waals surface area contributed by atoms with E-state index in [1.807, 2.05) is 0 Å². The van der Waals surface area contributed by atoms with Crippen molar-refractivity contribution in [3.05, 3.63) is 22.7 Å². The normalized spacial score (nSPS) is 31.5. The minimum atomic E-state index is -3.35. The number of hydrogen-bond donors (Lipinski definition) is 0. The van der Waals surface area contributed by atoms with Gasteiger partial charge in [-0.15, -0.1) is 0 Å². The van der Waals surface area contributed by atoms with Crippen molar-refractivity contribution in [3.63, 3.8) is 0 Å². The van der Waals surface area contributed by atoms with Gasteiger partial charge in [0.25, 0.3) is 0 Å². The second kappa shape index (κ2) is 3.81. The van der Waals surface area contributed by atoms with Crippen LogP contribution in [0.1, 0.15) is 44.0 Å². The fraction of sp³-hybridized carbons (Fsp3) is 0.500. The first-order chi connectivity index (χ1) is 8.75. The lowest BCUT2D eigenvalue weighted by Crippen LogP contribution is -1.96. The van der Waals surface area contributed by atoms with Gasteiger partial charge in [-0.1, -0.05) is 13.7 Å². The summed E-state index contributed by atoms with van der Waals surface area (Å²) in [7, 11) is 0.